The quantitative estimate of drug-likeness (QED) is 0.466. The third-order valence-electron chi connectivity index (χ3n) is 7.21. The van der Waals surface area contributed by atoms with Crippen LogP contribution in [0.4, 0.5) is 4.79 Å². The number of benzene rings is 3. The van der Waals surface area contributed by atoms with Gasteiger partial charge in [0.25, 0.3) is 0 Å². The molecule has 0 aromatic heterocycles. The lowest BCUT2D eigenvalue weighted by Gasteiger charge is -2.36. The van der Waals surface area contributed by atoms with E-state index in [0.717, 1.165) is 22.3 Å². The Kier molecular flexibility index (Phi) is 7.78. The first-order valence-electron chi connectivity index (χ1n) is 13.7. The molecule has 0 radical (unpaired) electrons. The zero-order valence-corrected chi connectivity index (χ0v) is 23.7. The maximum absolute atomic E-state index is 14.4. The van der Waals surface area contributed by atoms with Gasteiger partial charge in [-0.05, 0) is 51.0 Å². The van der Waals surface area contributed by atoms with Gasteiger partial charge >= 0.3 is 6.03 Å². The van der Waals surface area contributed by atoms with E-state index in [1.807, 2.05) is 39.0 Å². The van der Waals surface area contributed by atoms with Crippen LogP contribution in [0.2, 0.25) is 0 Å². The van der Waals surface area contributed by atoms with Gasteiger partial charge in [-0.2, -0.15) is 0 Å². The molecule has 40 heavy (non-hydrogen) atoms. The zero-order valence-electron chi connectivity index (χ0n) is 23.7. The van der Waals surface area contributed by atoms with Gasteiger partial charge in [0.15, 0.2) is 0 Å². The van der Waals surface area contributed by atoms with E-state index in [4.69, 9.17) is 14.5 Å². The Morgan fingerprint density at radius 1 is 0.975 bits per heavy atom. The van der Waals surface area contributed by atoms with E-state index >= 15 is 0 Å². The molecule has 1 fully saturated rings. The van der Waals surface area contributed by atoms with Crippen molar-refractivity contribution >= 4 is 17.8 Å². The number of amidine groups is 1. The van der Waals surface area contributed by atoms with Gasteiger partial charge in [0.1, 0.15) is 29.9 Å². The Balaban J connectivity index is 1.71. The van der Waals surface area contributed by atoms with Gasteiger partial charge in [0.2, 0.25) is 5.91 Å². The summed E-state index contributed by atoms with van der Waals surface area (Å²) < 4.78 is 11.7. The fraction of sp³-hybridized carbons (Fsp3) is 0.344. The summed E-state index contributed by atoms with van der Waals surface area (Å²) in [6.07, 6.45) is -0.108. The first-order valence-corrected chi connectivity index (χ1v) is 13.7. The molecule has 1 saturated heterocycles. The molecule has 0 unspecified atom stereocenters. The number of ether oxygens (including phenoxy) is 2. The van der Waals surface area contributed by atoms with Crippen LogP contribution in [-0.2, 0) is 4.79 Å². The second-order valence-corrected chi connectivity index (χ2v) is 10.6. The molecule has 3 amide bonds. The molecule has 2 aliphatic rings. The lowest BCUT2D eigenvalue weighted by molar-refractivity contribution is -0.123. The van der Waals surface area contributed by atoms with E-state index in [-0.39, 0.29) is 30.6 Å². The first-order chi connectivity index (χ1) is 19.2. The molecule has 0 bridgehead atoms. The fourth-order valence-corrected chi connectivity index (χ4v) is 5.18. The SMILES string of the molecule is COc1ccc(C2=N[C@@H](c3ccc(C)cc3)[C@@H](c3ccc(C)cc3)N2C(=O)N2CCNC(=O)C2)c(OC(C)C)c1. The number of aliphatic imine (C=N–C) groups is 1. The zero-order chi connectivity index (χ0) is 28.4. The van der Waals surface area contributed by atoms with Crippen LogP contribution < -0.4 is 14.8 Å². The smallest absolute Gasteiger partial charge is 0.326 e. The van der Waals surface area contributed by atoms with Crippen molar-refractivity contribution in [1.29, 1.82) is 0 Å². The van der Waals surface area contributed by atoms with Crippen LogP contribution in [0, 0.1) is 13.8 Å². The second-order valence-electron chi connectivity index (χ2n) is 10.6. The predicted octanol–water partition coefficient (Wildman–Crippen LogP) is 5.20. The van der Waals surface area contributed by atoms with Crippen molar-refractivity contribution in [3.05, 3.63) is 94.5 Å². The Labute approximate surface area is 235 Å². The Morgan fingerprint density at radius 3 is 2.23 bits per heavy atom. The normalized spacial score (nSPS) is 18.9. The standard InChI is InChI=1S/C32H36N4O4/c1-20(2)40-27-18-25(39-5)14-15-26(27)31-34-29(23-10-6-21(3)7-11-23)30(24-12-8-22(4)9-13-24)36(31)32(38)35-17-16-33-28(37)19-35/h6-15,18,20,29-30H,16-17,19H2,1-5H3,(H,33,37)/t29-,30+/m0/s1. The van der Waals surface area contributed by atoms with Crippen LogP contribution in [0.3, 0.4) is 0 Å². The summed E-state index contributed by atoms with van der Waals surface area (Å²) in [5.41, 5.74) is 4.93. The molecule has 3 aromatic rings. The number of urea groups is 1. The van der Waals surface area contributed by atoms with Crippen LogP contribution in [0.1, 0.15) is 53.7 Å². The summed E-state index contributed by atoms with van der Waals surface area (Å²) >= 11 is 0. The van der Waals surface area contributed by atoms with Crippen LogP contribution >= 0.6 is 0 Å². The number of carbonyl (C=O) groups excluding carboxylic acids is 2. The minimum Gasteiger partial charge on any atom is -0.497 e. The van der Waals surface area contributed by atoms with E-state index in [9.17, 15) is 9.59 Å². The Hall–Kier alpha value is -4.33. The highest BCUT2D eigenvalue weighted by molar-refractivity contribution is 6.11. The molecule has 2 atom stereocenters. The second kappa shape index (κ2) is 11.4. The summed E-state index contributed by atoms with van der Waals surface area (Å²) in [6, 6.07) is 21.0. The van der Waals surface area contributed by atoms with Gasteiger partial charge < -0.3 is 19.7 Å². The number of nitrogens with one attached hydrogen (secondary N) is 1. The Morgan fingerprint density at radius 2 is 1.62 bits per heavy atom. The van der Waals surface area contributed by atoms with Gasteiger partial charge in [0.05, 0.1) is 24.8 Å². The highest BCUT2D eigenvalue weighted by Crippen LogP contribution is 2.45. The molecule has 2 heterocycles. The molecule has 1 N–H and O–H groups in total. The first kappa shape index (κ1) is 27.2. The van der Waals surface area contributed by atoms with Gasteiger partial charge in [-0.25, -0.2) is 4.79 Å². The van der Waals surface area contributed by atoms with E-state index in [1.54, 1.807) is 16.9 Å². The number of carbonyl (C=O) groups is 2. The van der Waals surface area contributed by atoms with Gasteiger partial charge in [0, 0.05) is 19.2 Å². The lowest BCUT2D eigenvalue weighted by Crippen LogP contribution is -2.55. The number of aryl methyl sites for hydroxylation is 2. The minimum absolute atomic E-state index is 0.00358. The average Bonchev–Trinajstić information content (AvgIpc) is 3.33. The number of nitrogens with zero attached hydrogens (tertiary/aromatic N) is 3. The predicted molar refractivity (Wildman–Crippen MR) is 155 cm³/mol. The monoisotopic (exact) mass is 540 g/mol. The number of rotatable bonds is 6. The van der Waals surface area contributed by atoms with Crippen LogP contribution in [0.15, 0.2) is 71.7 Å². The molecule has 0 aliphatic carbocycles. The van der Waals surface area contributed by atoms with Crippen molar-refractivity contribution in [2.45, 2.75) is 45.9 Å². The molecule has 3 aromatic carbocycles. The van der Waals surface area contributed by atoms with Crippen molar-refractivity contribution in [1.82, 2.24) is 15.1 Å². The van der Waals surface area contributed by atoms with Crippen molar-refractivity contribution in [2.24, 2.45) is 4.99 Å². The highest BCUT2D eigenvalue weighted by atomic mass is 16.5. The summed E-state index contributed by atoms with van der Waals surface area (Å²) in [6.45, 7) is 8.83. The number of hydrogen-bond donors (Lipinski definition) is 1. The van der Waals surface area contributed by atoms with Crippen LogP contribution in [-0.4, -0.2) is 60.4 Å². The molecule has 2 aliphatic heterocycles. The van der Waals surface area contributed by atoms with Crippen molar-refractivity contribution in [3.8, 4) is 11.5 Å². The van der Waals surface area contributed by atoms with Crippen LogP contribution in [0.25, 0.3) is 0 Å². The topological polar surface area (TPSA) is 83.5 Å². The maximum atomic E-state index is 14.4. The highest BCUT2D eigenvalue weighted by Gasteiger charge is 2.45. The largest absolute Gasteiger partial charge is 0.497 e. The molecule has 8 nitrogen and oxygen atoms in total. The third kappa shape index (κ3) is 5.52. The number of methoxy groups -OCH3 is 1. The summed E-state index contributed by atoms with van der Waals surface area (Å²) in [4.78, 5) is 35.3. The summed E-state index contributed by atoms with van der Waals surface area (Å²) in [7, 11) is 1.61. The van der Waals surface area contributed by atoms with E-state index in [1.165, 1.54) is 0 Å². The molecule has 0 spiro atoms. The molecular formula is C32H36N4O4. The molecule has 8 heteroatoms. The lowest BCUT2D eigenvalue weighted by atomic mass is 9.92. The summed E-state index contributed by atoms with van der Waals surface area (Å²) in [5.74, 6) is 1.56. The van der Waals surface area contributed by atoms with E-state index in [0.29, 0.717) is 36.0 Å². The number of amides is 3. The van der Waals surface area contributed by atoms with E-state index in [2.05, 4.69) is 60.8 Å². The number of hydrogen-bond acceptors (Lipinski definition) is 5. The number of piperazine rings is 1. The molecular weight excluding hydrogens is 504 g/mol. The van der Waals surface area contributed by atoms with Crippen molar-refractivity contribution < 1.29 is 19.1 Å². The van der Waals surface area contributed by atoms with Gasteiger partial charge in [-0.15, -0.1) is 0 Å². The molecule has 208 valence electrons. The molecule has 0 saturated carbocycles. The van der Waals surface area contributed by atoms with Crippen LogP contribution in [0.5, 0.6) is 11.5 Å². The van der Waals surface area contributed by atoms with Crippen molar-refractivity contribution in [3.63, 3.8) is 0 Å². The maximum Gasteiger partial charge on any atom is 0.326 e. The third-order valence-corrected chi connectivity index (χ3v) is 7.21. The van der Waals surface area contributed by atoms with Gasteiger partial charge in [-0.3, -0.25) is 14.7 Å². The van der Waals surface area contributed by atoms with Crippen molar-refractivity contribution in [2.75, 3.05) is 26.7 Å². The average molecular weight is 541 g/mol. The fourth-order valence-electron chi connectivity index (χ4n) is 5.18. The van der Waals surface area contributed by atoms with Gasteiger partial charge in [-0.1, -0.05) is 59.7 Å². The Bertz CT molecular complexity index is 1420. The summed E-state index contributed by atoms with van der Waals surface area (Å²) in [5, 5.41) is 2.82. The van der Waals surface area contributed by atoms with E-state index < -0.39 is 6.04 Å². The molecule has 5 rings (SSSR count). The minimum atomic E-state index is -0.426.